The highest BCUT2D eigenvalue weighted by molar-refractivity contribution is 8.00. The van der Waals surface area contributed by atoms with Gasteiger partial charge in [-0.1, -0.05) is 0 Å². The fraction of sp³-hybridized carbons (Fsp3) is 1.00. The van der Waals surface area contributed by atoms with Crippen LogP contribution in [-0.4, -0.2) is 36.8 Å². The first kappa shape index (κ1) is 6.95. The summed E-state index contributed by atoms with van der Waals surface area (Å²) in [4.78, 5) is 0. The van der Waals surface area contributed by atoms with Crippen molar-refractivity contribution in [3.8, 4) is 0 Å². The second-order valence-electron chi connectivity index (χ2n) is 2.86. The van der Waals surface area contributed by atoms with Crippen LogP contribution in [0.2, 0.25) is 0 Å². The third kappa shape index (κ3) is 1.31. The van der Waals surface area contributed by atoms with Crippen LogP contribution < -0.4 is 5.32 Å². The van der Waals surface area contributed by atoms with E-state index in [1.807, 2.05) is 0 Å². The Hall–Kier alpha value is 0.270. The molecule has 2 aliphatic rings. The molecule has 0 radical (unpaired) electrons. The first-order chi connectivity index (χ1) is 4.97. The molecule has 2 saturated heterocycles. The van der Waals surface area contributed by atoms with Crippen molar-refractivity contribution in [2.45, 2.75) is 17.7 Å². The van der Waals surface area contributed by atoms with E-state index in [1.165, 1.54) is 18.7 Å². The normalized spacial score (nSPS) is 40.8. The average Bonchev–Trinajstić information content (AvgIpc) is 2.28. The summed E-state index contributed by atoms with van der Waals surface area (Å²) in [5, 5.41) is 4.24. The van der Waals surface area contributed by atoms with Crippen molar-refractivity contribution in [2.24, 2.45) is 0 Å². The Morgan fingerprint density at radius 3 is 3.40 bits per heavy atom. The second kappa shape index (κ2) is 3.11. The molecule has 3 heteroatoms. The molecular weight excluding hydrogens is 146 g/mol. The lowest BCUT2D eigenvalue weighted by molar-refractivity contribution is 0.190. The fourth-order valence-electron chi connectivity index (χ4n) is 1.48. The maximum absolute atomic E-state index is 5.36. The molecule has 0 aromatic carbocycles. The van der Waals surface area contributed by atoms with Gasteiger partial charge in [0.05, 0.1) is 13.2 Å². The molecule has 0 amide bonds. The molecule has 2 rings (SSSR count). The molecule has 0 aliphatic carbocycles. The van der Waals surface area contributed by atoms with E-state index in [9.17, 15) is 0 Å². The summed E-state index contributed by atoms with van der Waals surface area (Å²) < 4.78 is 5.36. The predicted molar refractivity (Wildman–Crippen MR) is 43.5 cm³/mol. The molecule has 2 aliphatic heterocycles. The number of rotatable bonds is 0. The predicted octanol–water partition coefficient (Wildman–Crippen LogP) is 0.480. The quantitative estimate of drug-likeness (QED) is 0.555. The molecule has 0 spiro atoms. The summed E-state index contributed by atoms with van der Waals surface area (Å²) in [7, 11) is 0. The first-order valence-corrected chi connectivity index (χ1v) is 4.94. The van der Waals surface area contributed by atoms with Gasteiger partial charge in [-0.05, 0) is 18.7 Å². The Kier molecular flexibility index (Phi) is 2.16. The van der Waals surface area contributed by atoms with Crippen LogP contribution in [0, 0.1) is 0 Å². The molecule has 2 fully saturated rings. The van der Waals surface area contributed by atoms with E-state index in [1.54, 1.807) is 0 Å². The van der Waals surface area contributed by atoms with E-state index in [4.69, 9.17) is 4.74 Å². The third-order valence-corrected chi connectivity index (χ3v) is 3.51. The summed E-state index contributed by atoms with van der Waals surface area (Å²) in [6, 6.07) is 0.646. The monoisotopic (exact) mass is 159 g/mol. The summed E-state index contributed by atoms with van der Waals surface area (Å²) in [5.74, 6) is 1.30. The number of hydrogen-bond donors (Lipinski definition) is 1. The van der Waals surface area contributed by atoms with Gasteiger partial charge in [-0.15, -0.1) is 0 Å². The molecule has 0 aromatic heterocycles. The number of ether oxygens (including phenoxy) is 1. The Balaban J connectivity index is 1.95. The summed E-state index contributed by atoms with van der Waals surface area (Å²) in [5.41, 5.74) is 0. The lowest BCUT2D eigenvalue weighted by Gasteiger charge is -2.12. The van der Waals surface area contributed by atoms with Gasteiger partial charge >= 0.3 is 0 Å². The number of nitrogens with one attached hydrogen (secondary N) is 1. The minimum absolute atomic E-state index is 0.646. The van der Waals surface area contributed by atoms with Crippen molar-refractivity contribution >= 4 is 11.8 Å². The second-order valence-corrected chi connectivity index (χ2v) is 4.21. The molecule has 0 saturated carbocycles. The number of thioether (sulfide) groups is 1. The van der Waals surface area contributed by atoms with Crippen molar-refractivity contribution in [1.29, 1.82) is 0 Å². The molecular formula is C7H13NOS. The van der Waals surface area contributed by atoms with Gasteiger partial charge < -0.3 is 10.1 Å². The lowest BCUT2D eigenvalue weighted by atomic mass is 10.2. The topological polar surface area (TPSA) is 21.3 Å². The van der Waals surface area contributed by atoms with E-state index in [0.29, 0.717) is 6.04 Å². The van der Waals surface area contributed by atoms with Gasteiger partial charge in [-0.25, -0.2) is 0 Å². The Labute approximate surface area is 65.7 Å². The van der Waals surface area contributed by atoms with Gasteiger partial charge in [0.1, 0.15) is 0 Å². The van der Waals surface area contributed by atoms with Crippen LogP contribution in [0.3, 0.4) is 0 Å². The van der Waals surface area contributed by atoms with Crippen LogP contribution in [0.5, 0.6) is 0 Å². The van der Waals surface area contributed by atoms with Gasteiger partial charge in [0.15, 0.2) is 0 Å². The highest BCUT2D eigenvalue weighted by Gasteiger charge is 2.29. The molecule has 2 atom stereocenters. The molecule has 58 valence electrons. The van der Waals surface area contributed by atoms with E-state index in [-0.39, 0.29) is 0 Å². The SMILES string of the molecule is C1CNC2COCC2SC1. The molecule has 2 unspecified atom stereocenters. The van der Waals surface area contributed by atoms with Crippen molar-refractivity contribution in [3.05, 3.63) is 0 Å². The highest BCUT2D eigenvalue weighted by atomic mass is 32.2. The van der Waals surface area contributed by atoms with Crippen molar-refractivity contribution in [1.82, 2.24) is 5.32 Å². The molecule has 0 bridgehead atoms. The van der Waals surface area contributed by atoms with E-state index < -0.39 is 0 Å². The molecule has 0 aromatic rings. The first-order valence-electron chi connectivity index (χ1n) is 3.89. The van der Waals surface area contributed by atoms with Gasteiger partial charge in [-0.3, -0.25) is 0 Å². The van der Waals surface area contributed by atoms with Crippen LogP contribution in [0.1, 0.15) is 6.42 Å². The highest BCUT2D eigenvalue weighted by Crippen LogP contribution is 2.23. The average molecular weight is 159 g/mol. The third-order valence-electron chi connectivity index (χ3n) is 2.09. The standard InChI is InChI=1S/C7H13NOS/c1-2-8-6-4-9-5-7(6)10-3-1/h6-8H,1-5H2. The van der Waals surface area contributed by atoms with Crippen molar-refractivity contribution < 1.29 is 4.74 Å². The smallest absolute Gasteiger partial charge is 0.0631 e. The summed E-state index contributed by atoms with van der Waals surface area (Å²) >= 11 is 2.07. The lowest BCUT2D eigenvalue weighted by Crippen LogP contribution is -2.35. The zero-order valence-electron chi connectivity index (χ0n) is 6.01. The zero-order chi connectivity index (χ0) is 6.81. The van der Waals surface area contributed by atoms with Crippen LogP contribution in [0.15, 0.2) is 0 Å². The summed E-state index contributed by atoms with van der Waals surface area (Å²) in [6.07, 6.45) is 1.32. The Morgan fingerprint density at radius 1 is 1.40 bits per heavy atom. The van der Waals surface area contributed by atoms with Crippen molar-refractivity contribution in [3.63, 3.8) is 0 Å². The van der Waals surface area contributed by atoms with Gasteiger partial charge in [0.25, 0.3) is 0 Å². The molecule has 2 heterocycles. The largest absolute Gasteiger partial charge is 0.379 e. The number of hydrogen-bond acceptors (Lipinski definition) is 3. The minimum atomic E-state index is 0.646. The van der Waals surface area contributed by atoms with E-state index in [0.717, 1.165) is 18.5 Å². The minimum Gasteiger partial charge on any atom is -0.379 e. The van der Waals surface area contributed by atoms with Gasteiger partial charge in [0, 0.05) is 11.3 Å². The van der Waals surface area contributed by atoms with Crippen LogP contribution in [0.4, 0.5) is 0 Å². The maximum atomic E-state index is 5.36. The molecule has 1 N–H and O–H groups in total. The number of fused-ring (bicyclic) bond motifs is 1. The van der Waals surface area contributed by atoms with Crippen LogP contribution in [-0.2, 0) is 4.74 Å². The fourth-order valence-corrected chi connectivity index (χ4v) is 2.70. The summed E-state index contributed by atoms with van der Waals surface area (Å²) in [6.45, 7) is 3.07. The Bertz CT molecular complexity index is 108. The van der Waals surface area contributed by atoms with Crippen molar-refractivity contribution in [2.75, 3.05) is 25.5 Å². The van der Waals surface area contributed by atoms with E-state index >= 15 is 0 Å². The van der Waals surface area contributed by atoms with E-state index in [2.05, 4.69) is 17.1 Å². The molecule has 2 nitrogen and oxygen atoms in total. The zero-order valence-corrected chi connectivity index (χ0v) is 6.82. The van der Waals surface area contributed by atoms with Gasteiger partial charge in [-0.2, -0.15) is 11.8 Å². The van der Waals surface area contributed by atoms with Crippen LogP contribution >= 0.6 is 11.8 Å². The molecule has 10 heavy (non-hydrogen) atoms. The van der Waals surface area contributed by atoms with Crippen LogP contribution in [0.25, 0.3) is 0 Å². The Morgan fingerprint density at radius 2 is 2.40 bits per heavy atom. The van der Waals surface area contributed by atoms with Gasteiger partial charge in [0.2, 0.25) is 0 Å². The maximum Gasteiger partial charge on any atom is 0.0631 e.